The molecule has 0 spiro atoms. The van der Waals surface area contributed by atoms with Gasteiger partial charge in [0.1, 0.15) is 11.1 Å². The van der Waals surface area contributed by atoms with Gasteiger partial charge < -0.3 is 15.6 Å². The van der Waals surface area contributed by atoms with Crippen LogP contribution in [0, 0.1) is 5.92 Å². The lowest BCUT2D eigenvalue weighted by Crippen LogP contribution is -2.62. The Morgan fingerprint density at radius 3 is 1.72 bits per heavy atom. The number of carbonyl (C=O) groups excluding carboxylic acids is 2. The van der Waals surface area contributed by atoms with Crippen LogP contribution in [0.4, 0.5) is 4.79 Å². The largest absolute Gasteiger partial charge is 0.481 e. The second kappa shape index (κ2) is 9.96. The molecule has 2 rings (SSSR count). The van der Waals surface area contributed by atoms with E-state index in [-0.39, 0.29) is 0 Å². The maximum Gasteiger partial charge on any atom is 0.417 e. The molecule has 3 N–H and O–H groups in total. The highest BCUT2D eigenvalue weighted by molar-refractivity contribution is 6.00. The zero-order valence-electron chi connectivity index (χ0n) is 19.2. The third kappa shape index (κ3) is 5.95. The third-order valence-electron chi connectivity index (χ3n) is 5.17. The van der Waals surface area contributed by atoms with E-state index in [1.165, 1.54) is 0 Å². The summed E-state index contributed by atoms with van der Waals surface area (Å²) in [5.41, 5.74) is 5.04. The van der Waals surface area contributed by atoms with Gasteiger partial charge in [0.2, 0.25) is 0 Å². The molecule has 0 fully saturated rings. The number of aliphatic carboxylic acids is 1. The Bertz CT molecular complexity index is 898. The van der Waals surface area contributed by atoms with Crippen LogP contribution < -0.4 is 5.73 Å². The number of nitrogens with two attached hydrogens (primary N) is 1. The Morgan fingerprint density at radius 1 is 0.938 bits per heavy atom. The summed E-state index contributed by atoms with van der Waals surface area (Å²) in [5, 5.41) is 9.46. The molecule has 2 amide bonds. The van der Waals surface area contributed by atoms with Crippen LogP contribution in [0.15, 0.2) is 60.7 Å². The highest BCUT2D eigenvalue weighted by Crippen LogP contribution is 2.34. The summed E-state index contributed by atoms with van der Waals surface area (Å²) >= 11 is 0. The van der Waals surface area contributed by atoms with Gasteiger partial charge in [0.15, 0.2) is 0 Å². The average Bonchev–Trinajstić information content (AvgIpc) is 2.70. The van der Waals surface area contributed by atoms with Crippen molar-refractivity contribution in [1.82, 2.24) is 4.90 Å². The predicted octanol–water partition coefficient (Wildman–Crippen LogP) is 4.37. The fourth-order valence-corrected chi connectivity index (χ4v) is 3.38. The van der Waals surface area contributed by atoms with Gasteiger partial charge in [-0.05, 0) is 37.8 Å². The molecule has 7 nitrogen and oxygen atoms in total. The first-order chi connectivity index (χ1) is 14.9. The number of amides is 2. The summed E-state index contributed by atoms with van der Waals surface area (Å²) in [6, 6.07) is 17.2. The molecule has 2 aromatic carbocycles. The minimum absolute atomic E-state index is 0.553. The van der Waals surface area contributed by atoms with Gasteiger partial charge in [-0.2, -0.15) is 0 Å². The van der Waals surface area contributed by atoms with Crippen molar-refractivity contribution in [2.45, 2.75) is 58.2 Å². The molecule has 7 heteroatoms. The Balaban J connectivity index is 2.73. The molecule has 0 saturated carbocycles. The van der Waals surface area contributed by atoms with Crippen molar-refractivity contribution >= 4 is 18.0 Å². The van der Waals surface area contributed by atoms with Gasteiger partial charge in [0, 0.05) is 0 Å². The summed E-state index contributed by atoms with van der Waals surface area (Å²) in [5.74, 6) is -2.58. The van der Waals surface area contributed by atoms with Crippen LogP contribution in [0.2, 0.25) is 0 Å². The lowest BCUT2D eigenvalue weighted by molar-refractivity contribution is -0.148. The molecule has 0 aliphatic rings. The molecular weight excluding hydrogens is 408 g/mol. The van der Waals surface area contributed by atoms with Gasteiger partial charge in [0.25, 0.3) is 5.91 Å². The number of carboxylic acids is 1. The standard InChI is InChI=1S/C25H32N2O5/c1-17(2)25(26,16-20(28)29)22(30)27(23(31)32-24(3,4)5)21(18-12-8-6-9-13-18)19-14-10-7-11-15-19/h6-15,17,21H,16,26H2,1-5H3,(H,28,29)/t25-/m1/s1. The molecule has 1 atom stereocenters. The van der Waals surface area contributed by atoms with E-state index >= 15 is 0 Å². The molecule has 0 bridgehead atoms. The van der Waals surface area contributed by atoms with Crippen LogP contribution in [0.3, 0.4) is 0 Å². The fraction of sp³-hybridized carbons (Fsp3) is 0.400. The predicted molar refractivity (Wildman–Crippen MR) is 122 cm³/mol. The molecule has 0 aromatic heterocycles. The van der Waals surface area contributed by atoms with E-state index in [1.54, 1.807) is 83.1 Å². The SMILES string of the molecule is CC(C)[C@](N)(CC(=O)O)C(=O)N(C(=O)OC(C)(C)C)C(c1ccccc1)c1ccccc1. The number of carbonyl (C=O) groups is 3. The monoisotopic (exact) mass is 440 g/mol. The number of hydrogen-bond donors (Lipinski definition) is 2. The Kier molecular flexibility index (Phi) is 7.80. The van der Waals surface area contributed by atoms with Crippen LogP contribution in [0.25, 0.3) is 0 Å². The number of imide groups is 1. The maximum absolute atomic E-state index is 13.9. The first kappa shape index (κ1) is 25.1. The fourth-order valence-electron chi connectivity index (χ4n) is 3.38. The first-order valence-electron chi connectivity index (χ1n) is 10.5. The summed E-state index contributed by atoms with van der Waals surface area (Å²) < 4.78 is 5.59. The molecule has 0 heterocycles. The molecule has 0 aliphatic carbocycles. The van der Waals surface area contributed by atoms with Gasteiger partial charge in [-0.25, -0.2) is 9.69 Å². The van der Waals surface area contributed by atoms with Gasteiger partial charge in [-0.15, -0.1) is 0 Å². The van der Waals surface area contributed by atoms with Gasteiger partial charge in [-0.3, -0.25) is 9.59 Å². The van der Waals surface area contributed by atoms with Crippen molar-refractivity contribution < 1.29 is 24.2 Å². The van der Waals surface area contributed by atoms with E-state index in [0.717, 1.165) is 4.90 Å². The van der Waals surface area contributed by atoms with Crippen molar-refractivity contribution in [3.05, 3.63) is 71.8 Å². The van der Waals surface area contributed by atoms with Gasteiger partial charge >= 0.3 is 12.1 Å². The van der Waals surface area contributed by atoms with Crippen molar-refractivity contribution in [3.63, 3.8) is 0 Å². The van der Waals surface area contributed by atoms with E-state index in [1.807, 2.05) is 12.1 Å². The Hall–Kier alpha value is -3.19. The molecule has 32 heavy (non-hydrogen) atoms. The average molecular weight is 441 g/mol. The molecule has 0 radical (unpaired) electrons. The number of benzene rings is 2. The summed E-state index contributed by atoms with van der Waals surface area (Å²) in [7, 11) is 0. The van der Waals surface area contributed by atoms with Crippen LogP contribution in [0.1, 0.15) is 58.2 Å². The maximum atomic E-state index is 13.9. The van der Waals surface area contributed by atoms with E-state index in [4.69, 9.17) is 10.5 Å². The van der Waals surface area contributed by atoms with E-state index < -0.39 is 47.5 Å². The number of ether oxygens (including phenoxy) is 1. The first-order valence-corrected chi connectivity index (χ1v) is 10.5. The molecule has 172 valence electrons. The summed E-state index contributed by atoms with van der Waals surface area (Å²) in [6.07, 6.45) is -1.51. The topological polar surface area (TPSA) is 110 Å². The highest BCUT2D eigenvalue weighted by atomic mass is 16.6. The van der Waals surface area contributed by atoms with E-state index in [2.05, 4.69) is 0 Å². The third-order valence-corrected chi connectivity index (χ3v) is 5.17. The van der Waals surface area contributed by atoms with Crippen LogP contribution in [-0.2, 0) is 14.3 Å². The summed E-state index contributed by atoms with van der Waals surface area (Å²) in [4.78, 5) is 39.9. The van der Waals surface area contributed by atoms with E-state index in [0.29, 0.717) is 11.1 Å². The second-order valence-electron chi connectivity index (χ2n) is 9.14. The summed E-state index contributed by atoms with van der Waals surface area (Å²) in [6.45, 7) is 8.41. The van der Waals surface area contributed by atoms with Crippen molar-refractivity contribution in [2.24, 2.45) is 11.7 Å². The second-order valence-corrected chi connectivity index (χ2v) is 9.14. The Morgan fingerprint density at radius 2 is 1.38 bits per heavy atom. The van der Waals surface area contributed by atoms with Crippen molar-refractivity contribution in [1.29, 1.82) is 0 Å². The smallest absolute Gasteiger partial charge is 0.417 e. The normalized spacial score (nSPS) is 13.5. The quantitative estimate of drug-likeness (QED) is 0.662. The number of nitrogens with zero attached hydrogens (tertiary/aromatic N) is 1. The Labute approximate surface area is 189 Å². The lowest BCUT2D eigenvalue weighted by atomic mass is 9.82. The molecule has 0 saturated heterocycles. The van der Waals surface area contributed by atoms with Crippen molar-refractivity contribution in [3.8, 4) is 0 Å². The minimum atomic E-state index is -1.81. The molecule has 0 unspecified atom stereocenters. The highest BCUT2D eigenvalue weighted by Gasteiger charge is 2.48. The van der Waals surface area contributed by atoms with Crippen LogP contribution >= 0.6 is 0 Å². The lowest BCUT2D eigenvalue weighted by Gasteiger charge is -2.39. The number of hydrogen-bond acceptors (Lipinski definition) is 5. The van der Waals surface area contributed by atoms with Crippen LogP contribution in [0.5, 0.6) is 0 Å². The molecule has 0 aliphatic heterocycles. The van der Waals surface area contributed by atoms with Gasteiger partial charge in [-0.1, -0.05) is 74.5 Å². The number of rotatable bonds is 7. The van der Waals surface area contributed by atoms with Crippen LogP contribution in [-0.4, -0.2) is 39.1 Å². The molecular formula is C25H32N2O5. The van der Waals surface area contributed by atoms with Gasteiger partial charge in [0.05, 0.1) is 12.5 Å². The zero-order valence-corrected chi connectivity index (χ0v) is 19.2. The number of carboxylic acid groups (broad SMARTS) is 1. The van der Waals surface area contributed by atoms with E-state index in [9.17, 15) is 19.5 Å². The zero-order chi connectivity index (χ0) is 24.1. The van der Waals surface area contributed by atoms with Crippen molar-refractivity contribution in [2.75, 3.05) is 0 Å². The minimum Gasteiger partial charge on any atom is -0.481 e. The molecule has 2 aromatic rings.